The van der Waals surface area contributed by atoms with Crippen LogP contribution in [0.25, 0.3) is 0 Å². The van der Waals surface area contributed by atoms with E-state index in [1.165, 1.54) is 17.7 Å². The van der Waals surface area contributed by atoms with Crippen molar-refractivity contribution >= 4 is 34.8 Å². The summed E-state index contributed by atoms with van der Waals surface area (Å²) in [5.41, 5.74) is 0.645. The molecule has 0 aliphatic carbocycles. The summed E-state index contributed by atoms with van der Waals surface area (Å²) in [6, 6.07) is 11.5. The highest BCUT2D eigenvalue weighted by Gasteiger charge is 2.30. The highest BCUT2D eigenvalue weighted by Crippen LogP contribution is 2.29. The van der Waals surface area contributed by atoms with Crippen LogP contribution < -0.4 is 5.32 Å². The number of piperidine rings is 2. The maximum atomic E-state index is 12.9. The molecule has 2 aromatic rings. The fourth-order valence-corrected chi connectivity index (χ4v) is 5.68. The quantitative estimate of drug-likeness (QED) is 0.652. The molecule has 4 rings (SSSR count). The molecule has 0 saturated carbocycles. The number of hydrogen-bond donors (Lipinski definition) is 1. The van der Waals surface area contributed by atoms with E-state index in [0.29, 0.717) is 43.1 Å². The second kappa shape index (κ2) is 10.8. The molecule has 1 atom stereocenters. The van der Waals surface area contributed by atoms with E-state index >= 15 is 0 Å². The number of carbonyl (C=O) groups is 2. The molecule has 2 aliphatic rings. The van der Waals surface area contributed by atoms with E-state index < -0.39 is 0 Å². The van der Waals surface area contributed by atoms with Gasteiger partial charge in [-0.3, -0.25) is 14.5 Å². The Morgan fingerprint density at radius 1 is 1.06 bits per heavy atom. The van der Waals surface area contributed by atoms with Gasteiger partial charge in [-0.25, -0.2) is 0 Å². The van der Waals surface area contributed by atoms with E-state index in [-0.39, 0.29) is 23.8 Å². The van der Waals surface area contributed by atoms with Crippen LogP contribution in [-0.2, 0) is 4.79 Å². The second-order valence-electron chi connectivity index (χ2n) is 9.07. The second-order valence-corrected chi connectivity index (χ2v) is 10.5. The van der Waals surface area contributed by atoms with E-state index in [4.69, 9.17) is 11.6 Å². The zero-order valence-electron chi connectivity index (χ0n) is 18.6. The number of carbonyl (C=O) groups excluding carboxylic acids is 2. The van der Waals surface area contributed by atoms with Gasteiger partial charge in [0.2, 0.25) is 5.91 Å². The number of likely N-dealkylation sites (tertiary alicyclic amines) is 2. The van der Waals surface area contributed by atoms with Crippen molar-refractivity contribution in [3.05, 3.63) is 57.2 Å². The van der Waals surface area contributed by atoms with E-state index in [0.717, 1.165) is 19.0 Å². The SMILES string of the molecule is CC1CCN([C@H](CNC(=O)C2CCN(C(=O)c3ccc(Cl)cc3)CC2)c2cccs2)CC1. The predicted molar refractivity (Wildman–Crippen MR) is 130 cm³/mol. The third-order valence-electron chi connectivity index (χ3n) is 6.84. The molecule has 3 heterocycles. The van der Waals surface area contributed by atoms with Crippen molar-refractivity contribution in [3.8, 4) is 0 Å². The van der Waals surface area contributed by atoms with Gasteiger partial charge in [-0.1, -0.05) is 24.6 Å². The minimum Gasteiger partial charge on any atom is -0.354 e. The smallest absolute Gasteiger partial charge is 0.253 e. The molecular formula is C25H32ClN3O2S. The topological polar surface area (TPSA) is 52.7 Å². The summed E-state index contributed by atoms with van der Waals surface area (Å²) < 4.78 is 0. The molecule has 32 heavy (non-hydrogen) atoms. The first-order chi connectivity index (χ1) is 15.5. The normalized spacial score (nSPS) is 19.6. The number of benzene rings is 1. The van der Waals surface area contributed by atoms with Crippen LogP contribution in [0, 0.1) is 11.8 Å². The Morgan fingerprint density at radius 3 is 2.38 bits per heavy atom. The van der Waals surface area contributed by atoms with E-state index in [1.54, 1.807) is 35.6 Å². The number of hydrogen-bond acceptors (Lipinski definition) is 4. The van der Waals surface area contributed by atoms with Gasteiger partial charge in [-0.05, 0) is 80.4 Å². The lowest BCUT2D eigenvalue weighted by atomic mass is 9.95. The molecule has 1 aromatic carbocycles. The van der Waals surface area contributed by atoms with Gasteiger partial charge < -0.3 is 10.2 Å². The van der Waals surface area contributed by atoms with Crippen LogP contribution in [0.4, 0.5) is 0 Å². The molecule has 0 unspecified atom stereocenters. The van der Waals surface area contributed by atoms with Crippen LogP contribution in [0.2, 0.25) is 5.02 Å². The highest BCUT2D eigenvalue weighted by atomic mass is 35.5. The van der Waals surface area contributed by atoms with Gasteiger partial charge in [0, 0.05) is 41.0 Å². The van der Waals surface area contributed by atoms with Crippen LogP contribution in [0.3, 0.4) is 0 Å². The zero-order chi connectivity index (χ0) is 22.5. The van der Waals surface area contributed by atoms with Crippen LogP contribution in [-0.4, -0.2) is 54.3 Å². The Bertz CT molecular complexity index is 886. The molecule has 2 saturated heterocycles. The van der Waals surface area contributed by atoms with Crippen molar-refractivity contribution in [1.82, 2.24) is 15.1 Å². The number of rotatable bonds is 6. The maximum Gasteiger partial charge on any atom is 0.253 e. The summed E-state index contributed by atoms with van der Waals surface area (Å²) in [4.78, 5) is 31.3. The predicted octanol–water partition coefficient (Wildman–Crippen LogP) is 4.84. The minimum atomic E-state index is -0.0327. The standard InChI is InChI=1S/C25H32ClN3O2S/c1-18-8-12-28(13-9-18)22(23-3-2-16-32-23)17-27-24(30)19-10-14-29(15-11-19)25(31)20-4-6-21(26)7-5-20/h2-7,16,18-19,22H,8-15,17H2,1H3,(H,27,30)/t22-/m1/s1. The van der Waals surface area contributed by atoms with Gasteiger partial charge >= 0.3 is 0 Å². The molecule has 1 N–H and O–H groups in total. The third-order valence-corrected chi connectivity index (χ3v) is 8.07. The summed E-state index contributed by atoms with van der Waals surface area (Å²) >= 11 is 7.69. The summed E-state index contributed by atoms with van der Waals surface area (Å²) in [6.45, 7) is 6.37. The first-order valence-electron chi connectivity index (χ1n) is 11.6. The fourth-order valence-electron chi connectivity index (χ4n) is 4.69. The third kappa shape index (κ3) is 5.72. The Morgan fingerprint density at radius 2 is 1.75 bits per heavy atom. The molecule has 0 radical (unpaired) electrons. The molecule has 7 heteroatoms. The van der Waals surface area contributed by atoms with Crippen LogP contribution in [0.1, 0.15) is 53.9 Å². The van der Waals surface area contributed by atoms with Gasteiger partial charge in [0.05, 0.1) is 6.04 Å². The number of thiophene rings is 1. The summed E-state index contributed by atoms with van der Waals surface area (Å²) in [5.74, 6) is 0.883. The Balaban J connectivity index is 1.29. The number of amides is 2. The molecule has 2 amide bonds. The Kier molecular flexibility index (Phi) is 7.87. The van der Waals surface area contributed by atoms with Crippen molar-refractivity contribution in [3.63, 3.8) is 0 Å². The molecule has 1 aromatic heterocycles. The van der Waals surface area contributed by atoms with Crippen LogP contribution in [0.15, 0.2) is 41.8 Å². The van der Waals surface area contributed by atoms with E-state index in [2.05, 4.69) is 34.7 Å². The average Bonchev–Trinajstić information content (AvgIpc) is 3.35. The molecule has 172 valence electrons. The van der Waals surface area contributed by atoms with Crippen molar-refractivity contribution in [2.75, 3.05) is 32.7 Å². The average molecular weight is 474 g/mol. The fraction of sp³-hybridized carbons (Fsp3) is 0.520. The minimum absolute atomic E-state index is 0.0117. The summed E-state index contributed by atoms with van der Waals surface area (Å²) in [7, 11) is 0. The van der Waals surface area contributed by atoms with Gasteiger partial charge in [0.1, 0.15) is 0 Å². The molecular weight excluding hydrogens is 442 g/mol. The van der Waals surface area contributed by atoms with Gasteiger partial charge in [0.25, 0.3) is 5.91 Å². The number of halogens is 1. The summed E-state index contributed by atoms with van der Waals surface area (Å²) in [6.07, 6.45) is 3.85. The zero-order valence-corrected chi connectivity index (χ0v) is 20.2. The Labute approximate surface area is 199 Å². The van der Waals surface area contributed by atoms with Crippen molar-refractivity contribution in [2.45, 2.75) is 38.6 Å². The maximum absolute atomic E-state index is 12.9. The number of nitrogens with zero attached hydrogens (tertiary/aromatic N) is 2. The monoisotopic (exact) mass is 473 g/mol. The van der Waals surface area contributed by atoms with Crippen molar-refractivity contribution in [1.29, 1.82) is 0 Å². The van der Waals surface area contributed by atoms with Crippen molar-refractivity contribution < 1.29 is 9.59 Å². The number of nitrogens with one attached hydrogen (secondary N) is 1. The van der Waals surface area contributed by atoms with E-state index in [1.807, 2.05) is 4.90 Å². The van der Waals surface area contributed by atoms with Crippen LogP contribution >= 0.6 is 22.9 Å². The molecule has 0 bridgehead atoms. The molecule has 5 nitrogen and oxygen atoms in total. The molecule has 2 fully saturated rings. The van der Waals surface area contributed by atoms with Crippen molar-refractivity contribution in [2.24, 2.45) is 11.8 Å². The Hall–Kier alpha value is -1.89. The lowest BCUT2D eigenvalue weighted by molar-refractivity contribution is -0.126. The van der Waals surface area contributed by atoms with E-state index in [9.17, 15) is 9.59 Å². The van der Waals surface area contributed by atoms with Crippen LogP contribution in [0.5, 0.6) is 0 Å². The molecule has 2 aliphatic heterocycles. The summed E-state index contributed by atoms with van der Waals surface area (Å²) in [5, 5.41) is 5.98. The largest absolute Gasteiger partial charge is 0.354 e. The molecule has 0 spiro atoms. The van der Waals surface area contributed by atoms with Gasteiger partial charge in [-0.2, -0.15) is 0 Å². The lowest BCUT2D eigenvalue weighted by Crippen LogP contribution is -2.45. The van der Waals surface area contributed by atoms with Gasteiger partial charge in [-0.15, -0.1) is 11.3 Å². The first-order valence-corrected chi connectivity index (χ1v) is 12.9. The highest BCUT2D eigenvalue weighted by molar-refractivity contribution is 7.10. The lowest BCUT2D eigenvalue weighted by Gasteiger charge is -2.37. The first kappa shape index (κ1) is 23.3. The van der Waals surface area contributed by atoms with Gasteiger partial charge in [0.15, 0.2) is 0 Å².